The number of likely N-dealkylation sites (N-methyl/N-ethyl adjacent to an activating group) is 1. The Bertz CT molecular complexity index is 967. The van der Waals surface area contributed by atoms with E-state index in [0.29, 0.717) is 24.1 Å². The second kappa shape index (κ2) is 41.7. The van der Waals surface area contributed by atoms with Crippen molar-refractivity contribution < 1.29 is 37.3 Å². The number of carbonyl (C=O) groups is 1. The van der Waals surface area contributed by atoms with E-state index in [1.165, 1.54) is 161 Å². The Morgan fingerprint density at radius 3 is 1.46 bits per heavy atom. The fourth-order valence-electron chi connectivity index (χ4n) is 6.75. The van der Waals surface area contributed by atoms with Gasteiger partial charge in [0.15, 0.2) is 0 Å². The van der Waals surface area contributed by atoms with Gasteiger partial charge in [-0.15, -0.1) is 0 Å². The first kappa shape index (κ1) is 56.0. The average Bonchev–Trinajstić information content (AvgIpc) is 3.16. The van der Waals surface area contributed by atoms with E-state index >= 15 is 0 Å². The maximum absolute atomic E-state index is 12.7. The molecule has 8 nitrogen and oxygen atoms in total. The lowest BCUT2D eigenvalue weighted by Gasteiger charge is -2.28. The van der Waals surface area contributed by atoms with E-state index in [1.807, 2.05) is 21.1 Å². The van der Waals surface area contributed by atoms with Crippen molar-refractivity contribution in [1.29, 1.82) is 0 Å². The number of rotatable bonds is 45. The molecule has 0 spiro atoms. The molecule has 0 bridgehead atoms. The van der Waals surface area contributed by atoms with Crippen molar-refractivity contribution >= 4 is 13.8 Å². The molecule has 0 radical (unpaired) electrons. The van der Waals surface area contributed by atoms with Gasteiger partial charge in [0.2, 0.25) is 0 Å². The van der Waals surface area contributed by atoms with Crippen LogP contribution in [0.5, 0.6) is 0 Å². The van der Waals surface area contributed by atoms with Gasteiger partial charge in [-0.25, -0.2) is 0 Å². The maximum atomic E-state index is 12.7. The number of hydrogen-bond donors (Lipinski definition) is 0. The van der Waals surface area contributed by atoms with Crippen molar-refractivity contribution in [2.75, 3.05) is 54.1 Å². The van der Waals surface area contributed by atoms with Crippen LogP contribution in [0.1, 0.15) is 219 Å². The summed E-state index contributed by atoms with van der Waals surface area (Å²) in [6.45, 7) is 5.42. The number of ether oxygens (including phenoxy) is 2. The van der Waals surface area contributed by atoms with Crippen LogP contribution in [0.3, 0.4) is 0 Å². The second-order valence-electron chi connectivity index (χ2n) is 17.5. The van der Waals surface area contributed by atoms with Crippen LogP contribution < -0.4 is 4.89 Å². The van der Waals surface area contributed by atoms with Crippen molar-refractivity contribution in [2.45, 2.75) is 225 Å². The Kier molecular flexibility index (Phi) is 41.0. The molecule has 0 aliphatic carbocycles. The molecule has 57 heavy (non-hydrogen) atoms. The SMILES string of the molecule is CCCCC/C=C\C/C=C\CCCCCCCCCCCC(=O)OC(COCCCCCCCCCCCCCCCCCC)COP(=O)([O-])OCC[N+](C)(C)C. The van der Waals surface area contributed by atoms with Crippen LogP contribution in [0.15, 0.2) is 24.3 Å². The predicted octanol–water partition coefficient (Wildman–Crippen LogP) is 13.8. The molecule has 2 atom stereocenters. The normalized spacial score (nSPS) is 13.9. The number of esters is 1. The van der Waals surface area contributed by atoms with Crippen LogP contribution in [-0.2, 0) is 27.9 Å². The molecule has 0 aromatic rings. The third-order valence-electron chi connectivity index (χ3n) is 10.5. The van der Waals surface area contributed by atoms with Gasteiger partial charge in [0.25, 0.3) is 7.82 Å². The molecule has 0 amide bonds. The van der Waals surface area contributed by atoms with Gasteiger partial charge >= 0.3 is 5.97 Å². The smallest absolute Gasteiger partial charge is 0.306 e. The highest BCUT2D eigenvalue weighted by Crippen LogP contribution is 2.38. The van der Waals surface area contributed by atoms with Gasteiger partial charge < -0.3 is 27.9 Å². The molecule has 338 valence electrons. The Balaban J connectivity index is 4.16. The minimum atomic E-state index is -4.52. The number of phosphoric ester groups is 1. The predicted molar refractivity (Wildman–Crippen MR) is 240 cm³/mol. The van der Waals surface area contributed by atoms with E-state index in [4.69, 9.17) is 18.5 Å². The third kappa shape index (κ3) is 45.9. The molecule has 0 aromatic carbocycles. The monoisotopic (exact) mass is 828 g/mol. The number of carbonyl (C=O) groups excluding carboxylic acids is 1. The van der Waals surface area contributed by atoms with Gasteiger partial charge in [0.05, 0.1) is 34.4 Å². The number of allylic oxidation sites excluding steroid dienone is 4. The topological polar surface area (TPSA) is 94.1 Å². The van der Waals surface area contributed by atoms with E-state index in [2.05, 4.69) is 38.2 Å². The van der Waals surface area contributed by atoms with Gasteiger partial charge in [0, 0.05) is 13.0 Å². The molecule has 9 heteroatoms. The second-order valence-corrected chi connectivity index (χ2v) is 18.9. The van der Waals surface area contributed by atoms with Crippen LogP contribution in [0, 0.1) is 0 Å². The van der Waals surface area contributed by atoms with E-state index < -0.39 is 13.9 Å². The average molecular weight is 828 g/mol. The Labute approximate surface area is 353 Å². The summed E-state index contributed by atoms with van der Waals surface area (Å²) in [5.74, 6) is -0.335. The minimum absolute atomic E-state index is 0.0274. The van der Waals surface area contributed by atoms with Crippen molar-refractivity contribution in [3.63, 3.8) is 0 Å². The Morgan fingerprint density at radius 1 is 0.544 bits per heavy atom. The van der Waals surface area contributed by atoms with Crippen molar-refractivity contribution in [3.05, 3.63) is 24.3 Å². The number of nitrogens with zero attached hydrogens (tertiary/aromatic N) is 1. The van der Waals surface area contributed by atoms with Gasteiger partial charge in [-0.3, -0.25) is 9.36 Å². The van der Waals surface area contributed by atoms with E-state index in [1.54, 1.807) is 0 Å². The first-order valence-electron chi connectivity index (χ1n) is 24.1. The standard InChI is InChI=1S/C48H94NO7P/c1-6-8-10-12-14-16-18-20-22-24-25-26-27-29-31-33-35-37-39-41-48(50)56-47(46-55-57(51,52)54-44-42-49(3,4)5)45-53-43-40-38-36-34-32-30-28-23-21-19-17-15-13-11-9-7-2/h14,16,20,22,47H,6-13,15,17-19,21,23-46H2,1-5H3/b16-14-,22-20-. The molecule has 0 N–H and O–H groups in total. The van der Waals surface area contributed by atoms with Crippen LogP contribution in [0.2, 0.25) is 0 Å². The molecule has 0 saturated heterocycles. The summed E-state index contributed by atoms with van der Waals surface area (Å²) in [5.41, 5.74) is 0. The van der Waals surface area contributed by atoms with E-state index in [-0.39, 0.29) is 25.8 Å². The molecule has 0 aromatic heterocycles. The third-order valence-corrected chi connectivity index (χ3v) is 11.5. The van der Waals surface area contributed by atoms with Crippen molar-refractivity contribution in [1.82, 2.24) is 0 Å². The molecule has 0 aliphatic rings. The fraction of sp³-hybridized carbons (Fsp3) is 0.896. The van der Waals surface area contributed by atoms with Crippen LogP contribution in [0.25, 0.3) is 0 Å². The molecular formula is C48H94NO7P. The summed E-state index contributed by atoms with van der Waals surface area (Å²) in [6, 6.07) is 0. The zero-order chi connectivity index (χ0) is 42.0. The van der Waals surface area contributed by atoms with Gasteiger partial charge in [0.1, 0.15) is 19.3 Å². The molecular weight excluding hydrogens is 734 g/mol. The summed E-state index contributed by atoms with van der Waals surface area (Å²) >= 11 is 0. The molecule has 0 fully saturated rings. The Morgan fingerprint density at radius 2 is 0.965 bits per heavy atom. The highest BCUT2D eigenvalue weighted by Gasteiger charge is 2.20. The lowest BCUT2D eigenvalue weighted by atomic mass is 10.0. The van der Waals surface area contributed by atoms with E-state index in [0.717, 1.165) is 38.5 Å². The van der Waals surface area contributed by atoms with Crippen LogP contribution >= 0.6 is 7.82 Å². The number of quaternary nitrogens is 1. The summed E-state index contributed by atoms with van der Waals surface area (Å²) in [6.07, 6.45) is 47.6. The first-order chi connectivity index (χ1) is 27.6. The van der Waals surface area contributed by atoms with Gasteiger partial charge in [-0.05, 0) is 44.9 Å². The van der Waals surface area contributed by atoms with Crippen molar-refractivity contribution in [2.24, 2.45) is 0 Å². The number of hydrogen-bond acceptors (Lipinski definition) is 7. The summed E-state index contributed by atoms with van der Waals surface area (Å²) in [4.78, 5) is 25.1. The largest absolute Gasteiger partial charge is 0.756 e. The van der Waals surface area contributed by atoms with E-state index in [9.17, 15) is 14.3 Å². The number of unbranched alkanes of at least 4 members (excludes halogenated alkanes) is 27. The molecule has 2 unspecified atom stereocenters. The first-order valence-corrected chi connectivity index (χ1v) is 25.5. The van der Waals surface area contributed by atoms with Crippen LogP contribution in [0.4, 0.5) is 0 Å². The van der Waals surface area contributed by atoms with Gasteiger partial charge in [-0.2, -0.15) is 0 Å². The molecule has 0 saturated carbocycles. The summed E-state index contributed by atoms with van der Waals surface area (Å²) in [7, 11) is 1.36. The molecule has 0 rings (SSSR count). The summed E-state index contributed by atoms with van der Waals surface area (Å²) in [5, 5.41) is 0. The number of phosphoric acid groups is 1. The molecule has 0 aliphatic heterocycles. The van der Waals surface area contributed by atoms with Crippen molar-refractivity contribution in [3.8, 4) is 0 Å². The highest BCUT2D eigenvalue weighted by molar-refractivity contribution is 7.45. The van der Waals surface area contributed by atoms with Gasteiger partial charge in [-0.1, -0.05) is 192 Å². The lowest BCUT2D eigenvalue weighted by molar-refractivity contribution is -0.870. The fourth-order valence-corrected chi connectivity index (χ4v) is 7.48. The summed E-state index contributed by atoms with van der Waals surface area (Å²) < 4.78 is 34.7. The van der Waals surface area contributed by atoms with Crippen LogP contribution in [-0.4, -0.2) is 70.7 Å². The quantitative estimate of drug-likeness (QED) is 0.0198. The maximum Gasteiger partial charge on any atom is 0.306 e. The minimum Gasteiger partial charge on any atom is -0.756 e. The zero-order valence-electron chi connectivity index (χ0n) is 38.3. The lowest BCUT2D eigenvalue weighted by Crippen LogP contribution is -2.37. The Hall–Kier alpha value is -1.02. The highest BCUT2D eigenvalue weighted by atomic mass is 31.2. The zero-order valence-corrected chi connectivity index (χ0v) is 39.2. The molecule has 0 heterocycles.